The Morgan fingerprint density at radius 3 is 1.93 bits per heavy atom. The highest BCUT2D eigenvalue weighted by Gasteiger charge is 2.30. The molecule has 3 N–H and O–H groups in total. The number of benzene rings is 2. The van der Waals surface area contributed by atoms with Gasteiger partial charge >= 0.3 is 6.36 Å². The van der Waals surface area contributed by atoms with Gasteiger partial charge in [-0.1, -0.05) is 24.3 Å². The smallest absolute Gasteiger partial charge is 0.439 e. The van der Waals surface area contributed by atoms with Gasteiger partial charge < -0.3 is 20.5 Å². The summed E-state index contributed by atoms with van der Waals surface area (Å²) >= 11 is 0. The third-order valence-electron chi connectivity index (χ3n) is 3.98. The Bertz CT molecular complexity index is 974. The second-order valence-electron chi connectivity index (χ2n) is 6.29. The lowest BCUT2D eigenvalue weighted by Crippen LogP contribution is -2.17. The Labute approximate surface area is 170 Å². The van der Waals surface area contributed by atoms with E-state index >= 15 is 0 Å². The van der Waals surface area contributed by atoms with Crippen LogP contribution in [0.5, 0.6) is 17.4 Å². The summed E-state index contributed by atoms with van der Waals surface area (Å²) in [5, 5.41) is 3.21. The van der Waals surface area contributed by atoms with Gasteiger partial charge in [0, 0.05) is 25.4 Å². The summed E-state index contributed by atoms with van der Waals surface area (Å²) in [6, 6.07) is 16.1. The molecule has 156 valence electrons. The topological polar surface area (TPSA) is 86.5 Å². The predicted molar refractivity (Wildman–Crippen MR) is 103 cm³/mol. The molecule has 1 heterocycles. The first kappa shape index (κ1) is 21.1. The predicted octanol–water partition coefficient (Wildman–Crippen LogP) is 4.16. The summed E-state index contributed by atoms with van der Waals surface area (Å²) in [5.74, 6) is 0.110. The number of carbonyl (C=O) groups is 1. The number of alkyl halides is 3. The van der Waals surface area contributed by atoms with E-state index in [0.29, 0.717) is 30.3 Å². The average molecular weight is 417 g/mol. The summed E-state index contributed by atoms with van der Waals surface area (Å²) in [5.41, 5.74) is 7.29. The standard InChI is InChI=1S/C21H18F3N3O3/c22-21(23,24)30-18-8-3-15(4-9-18)12-26-11-14-1-6-17(7-2-14)29-19-10-5-16(13-27-19)20(25)28/h1-10,13,26H,11-12H2,(H2,25,28). The van der Waals surface area contributed by atoms with Crippen molar-refractivity contribution in [3.8, 4) is 17.4 Å². The Hall–Kier alpha value is -3.59. The molecule has 0 fully saturated rings. The molecule has 1 aromatic heterocycles. The molecule has 9 heteroatoms. The molecule has 0 aliphatic rings. The second kappa shape index (κ2) is 9.27. The molecule has 1 amide bonds. The van der Waals surface area contributed by atoms with Crippen molar-refractivity contribution in [2.45, 2.75) is 19.5 Å². The number of nitrogens with two attached hydrogens (primary N) is 1. The Morgan fingerprint density at radius 2 is 1.47 bits per heavy atom. The first-order valence-electron chi connectivity index (χ1n) is 8.86. The normalized spacial score (nSPS) is 11.2. The molecule has 3 aromatic rings. The zero-order valence-electron chi connectivity index (χ0n) is 15.6. The molecule has 0 unspecified atom stereocenters. The first-order valence-corrected chi connectivity index (χ1v) is 8.86. The number of amides is 1. The van der Waals surface area contributed by atoms with Gasteiger partial charge in [-0.2, -0.15) is 0 Å². The molecular weight excluding hydrogens is 399 g/mol. The highest BCUT2D eigenvalue weighted by Crippen LogP contribution is 2.23. The maximum atomic E-state index is 12.2. The molecule has 6 nitrogen and oxygen atoms in total. The number of carbonyl (C=O) groups excluding carboxylic acids is 1. The number of hydrogen-bond acceptors (Lipinski definition) is 5. The number of hydrogen-bond donors (Lipinski definition) is 2. The number of aromatic nitrogens is 1. The molecule has 0 aliphatic carbocycles. The van der Waals surface area contributed by atoms with Gasteiger partial charge in [0.2, 0.25) is 11.8 Å². The molecule has 30 heavy (non-hydrogen) atoms. The van der Waals surface area contributed by atoms with Gasteiger partial charge in [0.1, 0.15) is 11.5 Å². The molecule has 2 aromatic carbocycles. The number of rotatable bonds is 8. The third kappa shape index (κ3) is 6.49. The Morgan fingerprint density at radius 1 is 0.900 bits per heavy atom. The van der Waals surface area contributed by atoms with E-state index in [1.807, 2.05) is 12.1 Å². The minimum Gasteiger partial charge on any atom is -0.439 e. The van der Waals surface area contributed by atoms with Crippen molar-refractivity contribution in [3.63, 3.8) is 0 Å². The highest BCUT2D eigenvalue weighted by atomic mass is 19.4. The van der Waals surface area contributed by atoms with Crippen LogP contribution in [0.2, 0.25) is 0 Å². The number of pyridine rings is 1. The van der Waals surface area contributed by atoms with Gasteiger partial charge in [0.05, 0.1) is 5.56 Å². The molecule has 3 rings (SSSR count). The Kier molecular flexibility index (Phi) is 6.53. The number of nitrogens with one attached hydrogen (secondary N) is 1. The minimum absolute atomic E-state index is 0.249. The molecule has 0 bridgehead atoms. The van der Waals surface area contributed by atoms with Crippen LogP contribution in [0.3, 0.4) is 0 Å². The number of primary amides is 1. The SMILES string of the molecule is NC(=O)c1ccc(Oc2ccc(CNCc3ccc(OC(F)(F)F)cc3)cc2)nc1. The molecule has 0 saturated carbocycles. The highest BCUT2D eigenvalue weighted by molar-refractivity contribution is 5.92. The van der Waals surface area contributed by atoms with E-state index in [-0.39, 0.29) is 5.75 Å². The van der Waals surface area contributed by atoms with Crippen molar-refractivity contribution in [2.75, 3.05) is 0 Å². The lowest BCUT2D eigenvalue weighted by molar-refractivity contribution is -0.274. The van der Waals surface area contributed by atoms with Gasteiger partial charge in [-0.05, 0) is 41.5 Å². The molecule has 0 atom stereocenters. The fourth-order valence-electron chi connectivity index (χ4n) is 2.54. The molecule has 0 spiro atoms. The lowest BCUT2D eigenvalue weighted by Gasteiger charge is -2.10. The van der Waals surface area contributed by atoms with Crippen molar-refractivity contribution in [1.29, 1.82) is 0 Å². The summed E-state index contributed by atoms with van der Waals surface area (Å²) in [7, 11) is 0. The fraction of sp³-hybridized carbons (Fsp3) is 0.143. The summed E-state index contributed by atoms with van der Waals surface area (Å²) < 4.78 is 45.9. The van der Waals surface area contributed by atoms with Crippen LogP contribution >= 0.6 is 0 Å². The second-order valence-corrected chi connectivity index (χ2v) is 6.29. The summed E-state index contributed by atoms with van der Waals surface area (Å²) in [6.45, 7) is 1.05. The van der Waals surface area contributed by atoms with Crippen LogP contribution in [0, 0.1) is 0 Å². The van der Waals surface area contributed by atoms with Gasteiger partial charge in [0.25, 0.3) is 0 Å². The van der Waals surface area contributed by atoms with Crippen molar-refractivity contribution >= 4 is 5.91 Å². The van der Waals surface area contributed by atoms with E-state index in [4.69, 9.17) is 10.5 Å². The largest absolute Gasteiger partial charge is 0.573 e. The van der Waals surface area contributed by atoms with E-state index in [1.54, 1.807) is 30.3 Å². The minimum atomic E-state index is -4.70. The number of ether oxygens (including phenoxy) is 2. The molecule has 0 aliphatic heterocycles. The van der Waals surface area contributed by atoms with E-state index < -0.39 is 12.3 Å². The van der Waals surface area contributed by atoms with Gasteiger partial charge in [0.15, 0.2) is 0 Å². The zero-order chi connectivity index (χ0) is 21.6. The van der Waals surface area contributed by atoms with Gasteiger partial charge in [-0.3, -0.25) is 4.79 Å². The van der Waals surface area contributed by atoms with Crippen molar-refractivity contribution in [2.24, 2.45) is 5.73 Å². The van der Waals surface area contributed by atoms with Crippen molar-refractivity contribution in [3.05, 3.63) is 83.6 Å². The summed E-state index contributed by atoms with van der Waals surface area (Å²) in [4.78, 5) is 15.1. The van der Waals surface area contributed by atoms with E-state index in [9.17, 15) is 18.0 Å². The summed E-state index contributed by atoms with van der Waals surface area (Å²) in [6.07, 6.45) is -3.35. The van der Waals surface area contributed by atoms with Gasteiger partial charge in [-0.25, -0.2) is 4.98 Å². The van der Waals surface area contributed by atoms with Gasteiger partial charge in [-0.15, -0.1) is 13.2 Å². The lowest BCUT2D eigenvalue weighted by atomic mass is 10.2. The van der Waals surface area contributed by atoms with Crippen molar-refractivity contribution in [1.82, 2.24) is 10.3 Å². The monoisotopic (exact) mass is 417 g/mol. The van der Waals surface area contributed by atoms with Crippen LogP contribution in [0.4, 0.5) is 13.2 Å². The van der Waals surface area contributed by atoms with E-state index in [0.717, 1.165) is 11.1 Å². The van der Waals surface area contributed by atoms with Crippen LogP contribution in [-0.2, 0) is 13.1 Å². The molecule has 0 radical (unpaired) electrons. The van der Waals surface area contributed by atoms with Crippen LogP contribution in [0.25, 0.3) is 0 Å². The van der Waals surface area contributed by atoms with Crippen LogP contribution in [0.1, 0.15) is 21.5 Å². The third-order valence-corrected chi connectivity index (χ3v) is 3.98. The molecular formula is C21H18F3N3O3. The number of halogens is 3. The zero-order valence-corrected chi connectivity index (χ0v) is 15.6. The van der Waals surface area contributed by atoms with Crippen LogP contribution < -0.4 is 20.5 Å². The van der Waals surface area contributed by atoms with E-state index in [2.05, 4.69) is 15.0 Å². The fourth-order valence-corrected chi connectivity index (χ4v) is 2.54. The maximum absolute atomic E-state index is 12.2. The maximum Gasteiger partial charge on any atom is 0.573 e. The molecule has 0 saturated heterocycles. The van der Waals surface area contributed by atoms with E-state index in [1.165, 1.54) is 24.4 Å². The Balaban J connectivity index is 1.47. The van der Waals surface area contributed by atoms with Crippen LogP contribution in [0.15, 0.2) is 66.9 Å². The van der Waals surface area contributed by atoms with Crippen LogP contribution in [-0.4, -0.2) is 17.3 Å². The number of nitrogens with zero attached hydrogens (tertiary/aromatic N) is 1. The first-order chi connectivity index (χ1) is 14.3. The van der Waals surface area contributed by atoms with Crippen molar-refractivity contribution < 1.29 is 27.4 Å². The quantitative estimate of drug-likeness (QED) is 0.575. The average Bonchev–Trinajstić information content (AvgIpc) is 2.70.